The highest BCUT2D eigenvalue weighted by atomic mass is 32.1. The molecule has 0 aromatic heterocycles. The van der Waals surface area contributed by atoms with E-state index in [1.54, 1.807) is 24.3 Å². The molecule has 0 saturated carbocycles. The van der Waals surface area contributed by atoms with Gasteiger partial charge in [0, 0.05) is 4.90 Å². The van der Waals surface area contributed by atoms with Crippen LogP contribution < -0.4 is 5.73 Å². The molecule has 1 amide bonds. The van der Waals surface area contributed by atoms with Gasteiger partial charge in [0.05, 0.1) is 5.56 Å². The number of hydrogen-bond acceptors (Lipinski definition) is 2. The summed E-state index contributed by atoms with van der Waals surface area (Å²) in [5, 5.41) is 0. The Hall–Kier alpha value is -0.960. The maximum absolute atomic E-state index is 10.5. The van der Waals surface area contributed by atoms with Gasteiger partial charge in [-0.15, -0.1) is 12.6 Å². The Kier molecular flexibility index (Phi) is 1.97. The number of thiol groups is 1. The zero-order chi connectivity index (χ0) is 7.56. The molecule has 1 radical (unpaired) electrons. The van der Waals surface area contributed by atoms with Gasteiger partial charge in [0.2, 0.25) is 0 Å². The number of benzene rings is 1. The minimum Gasteiger partial charge on any atom is -0.267 e. The van der Waals surface area contributed by atoms with E-state index in [1.807, 2.05) is 0 Å². The van der Waals surface area contributed by atoms with Crippen molar-refractivity contribution in [3.8, 4) is 0 Å². The SMILES string of the molecule is [NH]C(=O)c1ccccc1S. The maximum Gasteiger partial charge on any atom is 0.270 e. The molecule has 1 aromatic carbocycles. The maximum atomic E-state index is 10.5. The van der Waals surface area contributed by atoms with Crippen molar-refractivity contribution in [1.29, 1.82) is 0 Å². The molecule has 10 heavy (non-hydrogen) atoms. The summed E-state index contributed by atoms with van der Waals surface area (Å²) in [6.45, 7) is 0. The Balaban J connectivity index is 3.15. The van der Waals surface area contributed by atoms with Gasteiger partial charge in [-0.25, -0.2) is 0 Å². The van der Waals surface area contributed by atoms with E-state index in [1.165, 1.54) is 0 Å². The van der Waals surface area contributed by atoms with E-state index in [9.17, 15) is 4.79 Å². The van der Waals surface area contributed by atoms with Crippen LogP contribution in [-0.4, -0.2) is 5.91 Å². The van der Waals surface area contributed by atoms with E-state index in [4.69, 9.17) is 5.73 Å². The van der Waals surface area contributed by atoms with Crippen LogP contribution in [0.1, 0.15) is 10.4 Å². The summed E-state index contributed by atoms with van der Waals surface area (Å²) in [4.78, 5) is 11.0. The van der Waals surface area contributed by atoms with E-state index in [2.05, 4.69) is 12.6 Å². The fourth-order valence-corrected chi connectivity index (χ4v) is 0.928. The molecule has 0 fully saturated rings. The highest BCUT2D eigenvalue weighted by molar-refractivity contribution is 7.80. The van der Waals surface area contributed by atoms with Crippen molar-refractivity contribution in [3.05, 3.63) is 29.8 Å². The second kappa shape index (κ2) is 2.75. The normalized spacial score (nSPS) is 9.30. The monoisotopic (exact) mass is 152 g/mol. The lowest BCUT2D eigenvalue weighted by Gasteiger charge is -1.95. The Morgan fingerprint density at radius 1 is 1.40 bits per heavy atom. The van der Waals surface area contributed by atoms with Gasteiger partial charge in [0.15, 0.2) is 0 Å². The number of hydrogen-bond donors (Lipinski definition) is 1. The minimum atomic E-state index is -0.689. The van der Waals surface area contributed by atoms with Crippen LogP contribution in [0.25, 0.3) is 0 Å². The van der Waals surface area contributed by atoms with Gasteiger partial charge < -0.3 is 0 Å². The average molecular weight is 152 g/mol. The molecule has 3 heteroatoms. The number of carbonyl (C=O) groups is 1. The molecular formula is C7H6NOS. The van der Waals surface area contributed by atoms with Crippen molar-refractivity contribution < 1.29 is 4.79 Å². The first-order valence-corrected chi connectivity index (χ1v) is 3.20. The molecule has 0 atom stereocenters. The first kappa shape index (κ1) is 7.15. The zero-order valence-corrected chi connectivity index (χ0v) is 6.06. The Labute approximate surface area is 64.5 Å². The van der Waals surface area contributed by atoms with Crippen LogP contribution in [0.2, 0.25) is 0 Å². The molecule has 1 aromatic rings. The Morgan fingerprint density at radius 2 is 2.00 bits per heavy atom. The lowest BCUT2D eigenvalue weighted by molar-refractivity contribution is 0.0989. The minimum absolute atomic E-state index is 0.353. The van der Waals surface area contributed by atoms with Gasteiger partial charge >= 0.3 is 0 Å². The average Bonchev–Trinajstić information content (AvgIpc) is 1.88. The summed E-state index contributed by atoms with van der Waals surface area (Å²) in [7, 11) is 0. The number of rotatable bonds is 1. The molecule has 2 nitrogen and oxygen atoms in total. The van der Waals surface area contributed by atoms with Crippen LogP contribution in [0.4, 0.5) is 0 Å². The lowest BCUT2D eigenvalue weighted by Crippen LogP contribution is -1.99. The second-order valence-electron chi connectivity index (χ2n) is 1.85. The Morgan fingerprint density at radius 3 is 2.40 bits per heavy atom. The van der Waals surface area contributed by atoms with Gasteiger partial charge in [0.25, 0.3) is 5.91 Å². The van der Waals surface area contributed by atoms with Crippen LogP contribution in [-0.2, 0) is 0 Å². The van der Waals surface area contributed by atoms with Gasteiger partial charge in [-0.1, -0.05) is 12.1 Å². The van der Waals surface area contributed by atoms with E-state index in [-0.39, 0.29) is 0 Å². The molecule has 0 unspecified atom stereocenters. The molecule has 51 valence electrons. The molecule has 0 aliphatic carbocycles. The highest BCUT2D eigenvalue weighted by Crippen LogP contribution is 2.11. The standard InChI is InChI=1S/C7H6NOS/c8-7(9)5-3-1-2-4-6(5)10/h1-4,8,10H. The third-order valence-electron chi connectivity index (χ3n) is 1.15. The van der Waals surface area contributed by atoms with Crippen molar-refractivity contribution in [2.75, 3.05) is 0 Å². The molecule has 0 saturated heterocycles. The summed E-state index contributed by atoms with van der Waals surface area (Å²) >= 11 is 4.00. The first-order chi connectivity index (χ1) is 4.72. The summed E-state index contributed by atoms with van der Waals surface area (Å²) in [5.41, 5.74) is 7.12. The third kappa shape index (κ3) is 1.30. The molecular weight excluding hydrogens is 146 g/mol. The largest absolute Gasteiger partial charge is 0.270 e. The zero-order valence-electron chi connectivity index (χ0n) is 5.16. The summed E-state index contributed by atoms with van der Waals surface area (Å²) in [6.07, 6.45) is 0. The first-order valence-electron chi connectivity index (χ1n) is 2.76. The van der Waals surface area contributed by atoms with E-state index in [0.29, 0.717) is 10.5 Å². The molecule has 0 aliphatic heterocycles. The van der Waals surface area contributed by atoms with Gasteiger partial charge in [0.1, 0.15) is 0 Å². The van der Waals surface area contributed by atoms with E-state index in [0.717, 1.165) is 0 Å². The molecule has 0 heterocycles. The van der Waals surface area contributed by atoms with Gasteiger partial charge in [-0.05, 0) is 12.1 Å². The molecule has 1 rings (SSSR count). The fraction of sp³-hybridized carbons (Fsp3) is 0. The van der Waals surface area contributed by atoms with E-state index < -0.39 is 5.91 Å². The Bertz CT molecular complexity index is 260. The summed E-state index contributed by atoms with van der Waals surface area (Å²) in [5.74, 6) is -0.689. The van der Waals surface area contributed by atoms with Crippen LogP contribution in [0.15, 0.2) is 29.2 Å². The predicted octanol–water partition coefficient (Wildman–Crippen LogP) is 1.40. The van der Waals surface area contributed by atoms with Crippen LogP contribution in [0.3, 0.4) is 0 Å². The van der Waals surface area contributed by atoms with Gasteiger partial charge in [-0.3, -0.25) is 10.5 Å². The quantitative estimate of drug-likeness (QED) is 0.607. The van der Waals surface area contributed by atoms with Gasteiger partial charge in [-0.2, -0.15) is 0 Å². The molecule has 1 N–H and O–H groups in total. The van der Waals surface area contributed by atoms with E-state index >= 15 is 0 Å². The number of carbonyl (C=O) groups excluding carboxylic acids is 1. The van der Waals surface area contributed by atoms with Crippen LogP contribution >= 0.6 is 12.6 Å². The fourth-order valence-electron chi connectivity index (χ4n) is 0.666. The second-order valence-corrected chi connectivity index (χ2v) is 2.33. The number of amides is 1. The van der Waals surface area contributed by atoms with Crippen LogP contribution in [0, 0.1) is 0 Å². The van der Waals surface area contributed by atoms with Crippen molar-refractivity contribution in [2.24, 2.45) is 0 Å². The highest BCUT2D eigenvalue weighted by Gasteiger charge is 2.02. The third-order valence-corrected chi connectivity index (χ3v) is 1.54. The topological polar surface area (TPSA) is 40.9 Å². The van der Waals surface area contributed by atoms with Crippen molar-refractivity contribution in [1.82, 2.24) is 5.73 Å². The lowest BCUT2D eigenvalue weighted by atomic mass is 10.2. The van der Waals surface area contributed by atoms with Crippen molar-refractivity contribution in [3.63, 3.8) is 0 Å². The molecule has 0 aliphatic rings. The smallest absolute Gasteiger partial charge is 0.267 e. The summed E-state index contributed by atoms with van der Waals surface area (Å²) in [6, 6.07) is 6.75. The van der Waals surface area contributed by atoms with Crippen molar-refractivity contribution >= 4 is 18.5 Å². The summed E-state index contributed by atoms with van der Waals surface area (Å²) < 4.78 is 0. The molecule has 0 spiro atoms. The van der Waals surface area contributed by atoms with Crippen LogP contribution in [0.5, 0.6) is 0 Å². The number of nitrogens with one attached hydrogen (secondary N) is 1. The molecule has 0 bridgehead atoms. The predicted molar refractivity (Wildman–Crippen MR) is 41.1 cm³/mol. The van der Waals surface area contributed by atoms with Crippen molar-refractivity contribution in [2.45, 2.75) is 4.90 Å².